The van der Waals surface area contributed by atoms with E-state index in [0.29, 0.717) is 19.1 Å². The summed E-state index contributed by atoms with van der Waals surface area (Å²) in [6.45, 7) is 4.33. The van der Waals surface area contributed by atoms with Crippen LogP contribution in [0.25, 0.3) is 10.9 Å². The first-order valence-electron chi connectivity index (χ1n) is 12.6. The van der Waals surface area contributed by atoms with Gasteiger partial charge < -0.3 is 0 Å². The lowest BCUT2D eigenvalue weighted by molar-refractivity contribution is -0.138. The summed E-state index contributed by atoms with van der Waals surface area (Å²) in [7, 11) is -3.65. The van der Waals surface area contributed by atoms with Gasteiger partial charge in [-0.3, -0.25) is 19.2 Å². The van der Waals surface area contributed by atoms with Gasteiger partial charge in [0, 0.05) is 37.2 Å². The molecule has 3 aromatic rings. The van der Waals surface area contributed by atoms with E-state index in [9.17, 15) is 26.4 Å². The molecule has 1 aromatic heterocycles. The largest absolute Gasteiger partial charge is 0.416 e. The number of hydrogen-bond donors (Lipinski definition) is 0. The molecule has 0 aliphatic carbocycles. The molecule has 1 atom stereocenters. The van der Waals surface area contributed by atoms with Crippen LogP contribution < -0.4 is 5.56 Å². The Kier molecular flexibility index (Phi) is 7.75. The van der Waals surface area contributed by atoms with Crippen LogP contribution >= 0.6 is 23.2 Å². The summed E-state index contributed by atoms with van der Waals surface area (Å²) in [5, 5.41) is -0.233. The molecule has 2 aliphatic heterocycles. The fraction of sp³-hybridized carbons (Fsp3) is 0.462. The van der Waals surface area contributed by atoms with Crippen molar-refractivity contribution in [3.63, 3.8) is 0 Å². The Balaban J connectivity index is 1.56. The van der Waals surface area contributed by atoms with E-state index < -0.39 is 27.1 Å². The molecule has 2 saturated heterocycles. The average Bonchev–Trinajstić information content (AvgIpc) is 3.34. The van der Waals surface area contributed by atoms with E-state index in [1.54, 1.807) is 0 Å². The van der Waals surface area contributed by atoms with Crippen LogP contribution in [0, 0.1) is 0 Å². The van der Waals surface area contributed by atoms with Gasteiger partial charge >= 0.3 is 6.18 Å². The first kappa shape index (κ1) is 28.4. The fourth-order valence-electron chi connectivity index (χ4n) is 5.56. The van der Waals surface area contributed by atoms with Crippen molar-refractivity contribution in [3.05, 3.63) is 67.7 Å². The second-order valence-corrected chi connectivity index (χ2v) is 13.1. The zero-order valence-electron chi connectivity index (χ0n) is 21.1. The van der Waals surface area contributed by atoms with E-state index >= 15 is 0 Å². The van der Waals surface area contributed by atoms with Crippen molar-refractivity contribution < 1.29 is 21.6 Å². The third-order valence-corrected chi connectivity index (χ3v) is 10.1. The van der Waals surface area contributed by atoms with Crippen molar-refractivity contribution in [3.8, 4) is 0 Å². The second-order valence-electron chi connectivity index (χ2n) is 10.0. The highest BCUT2D eigenvalue weighted by Crippen LogP contribution is 2.39. The van der Waals surface area contributed by atoms with E-state index in [1.807, 2.05) is 4.90 Å². The standard InChI is InChI=1S/C26H27Cl2F3N4O3S/c1-2-39(37,38)22-6-5-17(27)10-16(22)12-35-15-32-24-19(25(35)36)11-21(26(29,30)31)20(23(24)28)14-33-8-9-34-7-3-4-18(34)13-33/h5-6,10-11,15,18H,2-4,7-9,12-14H2,1H3. The first-order valence-corrected chi connectivity index (χ1v) is 15.0. The van der Waals surface area contributed by atoms with Gasteiger partial charge in [-0.2, -0.15) is 13.2 Å². The Morgan fingerprint density at radius 1 is 1.10 bits per heavy atom. The molecule has 3 heterocycles. The van der Waals surface area contributed by atoms with Crippen molar-refractivity contribution in [1.29, 1.82) is 0 Å². The van der Waals surface area contributed by atoms with Crippen LogP contribution in [-0.2, 0) is 29.1 Å². The van der Waals surface area contributed by atoms with E-state index in [1.165, 1.54) is 31.5 Å². The van der Waals surface area contributed by atoms with Gasteiger partial charge in [0.15, 0.2) is 9.84 Å². The molecule has 0 radical (unpaired) electrons. The maximum Gasteiger partial charge on any atom is 0.416 e. The average molecular weight is 603 g/mol. The monoisotopic (exact) mass is 602 g/mol. The summed E-state index contributed by atoms with van der Waals surface area (Å²) >= 11 is 12.6. The maximum atomic E-state index is 14.3. The van der Waals surface area contributed by atoms with Crippen molar-refractivity contribution in [2.75, 3.05) is 31.9 Å². The molecule has 5 rings (SSSR count). The topological polar surface area (TPSA) is 75.5 Å². The van der Waals surface area contributed by atoms with Crippen LogP contribution in [0.15, 0.2) is 40.3 Å². The summed E-state index contributed by atoms with van der Waals surface area (Å²) in [4.78, 5) is 22.0. The van der Waals surface area contributed by atoms with Gasteiger partial charge in [0.2, 0.25) is 0 Å². The molecule has 0 bridgehead atoms. The fourth-order valence-corrected chi connectivity index (χ4v) is 7.18. The van der Waals surface area contributed by atoms with Gasteiger partial charge in [0.05, 0.1) is 45.0 Å². The van der Waals surface area contributed by atoms with Crippen LogP contribution in [0.1, 0.15) is 36.5 Å². The number of fused-ring (bicyclic) bond motifs is 2. The molecular formula is C26H27Cl2F3N4O3S. The number of halogens is 5. The molecule has 2 aromatic carbocycles. The predicted molar refractivity (Wildman–Crippen MR) is 144 cm³/mol. The molecule has 0 N–H and O–H groups in total. The van der Waals surface area contributed by atoms with Gasteiger partial charge in [-0.25, -0.2) is 13.4 Å². The van der Waals surface area contributed by atoms with E-state index in [4.69, 9.17) is 23.2 Å². The number of hydrogen-bond acceptors (Lipinski definition) is 6. The SMILES string of the molecule is CCS(=O)(=O)c1ccc(Cl)cc1Cn1cnc2c(Cl)c(CN3CCN4CCCC4C3)c(C(F)(F)F)cc2c1=O. The molecule has 2 fully saturated rings. The summed E-state index contributed by atoms with van der Waals surface area (Å²) in [6, 6.07) is 5.34. The van der Waals surface area contributed by atoms with Crippen LogP contribution in [0.3, 0.4) is 0 Å². The lowest BCUT2D eigenvalue weighted by Gasteiger charge is -2.38. The Morgan fingerprint density at radius 2 is 1.87 bits per heavy atom. The zero-order valence-corrected chi connectivity index (χ0v) is 23.5. The minimum Gasteiger partial charge on any atom is -0.298 e. The Bertz CT molecular complexity index is 1590. The molecular weight excluding hydrogens is 576 g/mol. The number of rotatable bonds is 6. The second kappa shape index (κ2) is 10.7. The maximum absolute atomic E-state index is 14.3. The minimum absolute atomic E-state index is 0.000523. The smallest absolute Gasteiger partial charge is 0.298 e. The number of aromatic nitrogens is 2. The highest BCUT2D eigenvalue weighted by Gasteiger charge is 2.38. The molecule has 2 aliphatic rings. The van der Waals surface area contributed by atoms with Crippen molar-refractivity contribution in [1.82, 2.24) is 19.4 Å². The Morgan fingerprint density at radius 3 is 2.59 bits per heavy atom. The Labute approximate surface area is 234 Å². The number of piperazine rings is 1. The van der Waals surface area contributed by atoms with Crippen molar-refractivity contribution in [2.24, 2.45) is 0 Å². The molecule has 210 valence electrons. The van der Waals surface area contributed by atoms with Gasteiger partial charge in [0.25, 0.3) is 5.56 Å². The lowest BCUT2D eigenvalue weighted by Crippen LogP contribution is -2.49. The van der Waals surface area contributed by atoms with Crippen LogP contribution in [0.4, 0.5) is 13.2 Å². The number of alkyl halides is 3. The molecule has 39 heavy (non-hydrogen) atoms. The normalized spacial score (nSPS) is 19.1. The van der Waals surface area contributed by atoms with Gasteiger partial charge in [0.1, 0.15) is 0 Å². The highest BCUT2D eigenvalue weighted by atomic mass is 35.5. The van der Waals surface area contributed by atoms with E-state index in [0.717, 1.165) is 36.6 Å². The predicted octanol–water partition coefficient (Wildman–Crippen LogP) is 4.84. The summed E-state index contributed by atoms with van der Waals surface area (Å²) in [6.07, 6.45) is -1.47. The Hall–Kier alpha value is -2.18. The minimum atomic E-state index is -4.75. The molecule has 13 heteroatoms. The van der Waals surface area contributed by atoms with Crippen LogP contribution in [-0.4, -0.2) is 65.7 Å². The molecule has 7 nitrogen and oxygen atoms in total. The third kappa shape index (κ3) is 5.56. The summed E-state index contributed by atoms with van der Waals surface area (Å²) in [5.74, 6) is -0.171. The number of sulfone groups is 1. The summed E-state index contributed by atoms with van der Waals surface area (Å²) < 4.78 is 69.1. The van der Waals surface area contributed by atoms with Crippen LogP contribution in [0.2, 0.25) is 10.0 Å². The van der Waals surface area contributed by atoms with Crippen LogP contribution in [0.5, 0.6) is 0 Å². The molecule has 0 saturated carbocycles. The summed E-state index contributed by atoms with van der Waals surface area (Å²) in [5.41, 5.74) is -1.62. The molecule has 0 amide bonds. The highest BCUT2D eigenvalue weighted by molar-refractivity contribution is 7.91. The number of benzene rings is 2. The molecule has 1 unspecified atom stereocenters. The zero-order chi connectivity index (χ0) is 28.1. The quantitative estimate of drug-likeness (QED) is 0.402. The van der Waals surface area contributed by atoms with E-state index in [2.05, 4.69) is 9.88 Å². The van der Waals surface area contributed by atoms with Gasteiger partial charge in [-0.1, -0.05) is 30.1 Å². The number of nitrogens with zero attached hydrogens (tertiary/aromatic N) is 4. The van der Waals surface area contributed by atoms with Gasteiger partial charge in [-0.15, -0.1) is 0 Å². The van der Waals surface area contributed by atoms with Crippen molar-refractivity contribution >= 4 is 43.9 Å². The van der Waals surface area contributed by atoms with Crippen molar-refractivity contribution in [2.45, 2.75) is 50.0 Å². The first-order chi connectivity index (χ1) is 18.4. The molecule has 0 spiro atoms. The van der Waals surface area contributed by atoms with E-state index in [-0.39, 0.29) is 55.8 Å². The third-order valence-electron chi connectivity index (χ3n) is 7.60. The lowest BCUT2D eigenvalue weighted by atomic mass is 10.0. The van der Waals surface area contributed by atoms with Gasteiger partial charge in [-0.05, 0) is 54.8 Å².